The van der Waals surface area contributed by atoms with E-state index in [0.29, 0.717) is 75.3 Å². The molecule has 64 heavy (non-hydrogen) atoms. The van der Waals surface area contributed by atoms with E-state index in [1.807, 2.05) is 37.3 Å². The first-order valence-electron chi connectivity index (χ1n) is 23.6. The number of carbonyl (C=O) groups excluding carboxylic acids is 5. The highest BCUT2D eigenvalue weighted by Crippen LogP contribution is 2.37. The van der Waals surface area contributed by atoms with E-state index in [1.165, 1.54) is 18.9 Å². The zero-order chi connectivity index (χ0) is 47.7. The van der Waals surface area contributed by atoms with Crippen LogP contribution in [-0.4, -0.2) is 112 Å². The van der Waals surface area contributed by atoms with Crippen molar-refractivity contribution in [1.29, 1.82) is 0 Å². The zero-order valence-electron chi connectivity index (χ0n) is 40.1. The molecule has 1 amide bonds. The van der Waals surface area contributed by atoms with Crippen LogP contribution in [0.5, 0.6) is 0 Å². The van der Waals surface area contributed by atoms with Gasteiger partial charge in [-0.1, -0.05) is 75.6 Å². The molecular formula is C52H79NO11. The van der Waals surface area contributed by atoms with E-state index in [4.69, 9.17) is 20.6 Å². The van der Waals surface area contributed by atoms with Gasteiger partial charge in [-0.3, -0.25) is 24.0 Å². The van der Waals surface area contributed by atoms with Gasteiger partial charge >= 0.3 is 0 Å². The molecule has 12 heteroatoms. The number of nitrogens with zero attached hydrogens (tertiary/aromatic N) is 1. The number of likely N-dealkylation sites (tertiary alicyclic amines) is 1. The molecule has 0 aromatic rings. The first-order chi connectivity index (χ1) is 30.3. The van der Waals surface area contributed by atoms with Crippen molar-refractivity contribution in [2.45, 2.75) is 181 Å². The Balaban J connectivity index is 1.46. The van der Waals surface area contributed by atoms with Crippen molar-refractivity contribution >= 4 is 29.0 Å². The van der Waals surface area contributed by atoms with Gasteiger partial charge in [0.15, 0.2) is 11.6 Å². The number of hydrogen-bond donors (Lipinski definition) is 3. The lowest BCUT2D eigenvalue weighted by Crippen LogP contribution is -2.60. The molecule has 1 saturated carbocycles. The Kier molecular flexibility index (Phi) is 22.7. The molecule has 3 fully saturated rings. The van der Waals surface area contributed by atoms with Crippen molar-refractivity contribution in [2.75, 3.05) is 20.8 Å². The number of carbonyl (C=O) groups is 5. The summed E-state index contributed by atoms with van der Waals surface area (Å²) in [5, 5.41) is 32.7. The van der Waals surface area contributed by atoms with E-state index in [0.717, 1.165) is 37.7 Å². The molecule has 2 unspecified atom stereocenters. The van der Waals surface area contributed by atoms with Gasteiger partial charge in [0.05, 0.1) is 24.4 Å². The Hall–Kier alpha value is -3.57. The van der Waals surface area contributed by atoms with Crippen LogP contribution in [0.15, 0.2) is 47.6 Å². The number of terminal acetylenes is 1. The molecule has 0 aromatic carbocycles. The first kappa shape index (κ1) is 54.8. The van der Waals surface area contributed by atoms with Gasteiger partial charge in [-0.2, -0.15) is 0 Å². The van der Waals surface area contributed by atoms with Crippen LogP contribution >= 0.6 is 0 Å². The lowest BCUT2D eigenvalue weighted by atomic mass is 9.76. The summed E-state index contributed by atoms with van der Waals surface area (Å²) in [4.78, 5) is 66.7. The number of hydrogen-bond acceptors (Lipinski definition) is 11. The number of allylic oxidation sites excluding steroid dienone is 7. The van der Waals surface area contributed by atoms with Crippen LogP contribution < -0.4 is 0 Å². The minimum absolute atomic E-state index is 0.0677. The second-order valence-corrected chi connectivity index (χ2v) is 19.2. The molecule has 2 aliphatic heterocycles. The molecule has 358 valence electrons. The Morgan fingerprint density at radius 2 is 1.69 bits per heavy atom. The Bertz CT molecular complexity index is 1740. The normalized spacial score (nSPS) is 28.8. The highest BCUT2D eigenvalue weighted by molar-refractivity contribution is 6.39. The van der Waals surface area contributed by atoms with Crippen molar-refractivity contribution in [3.63, 3.8) is 0 Å². The number of aliphatic hydroxyl groups excluding tert-OH is 2. The fourth-order valence-corrected chi connectivity index (χ4v) is 9.46. The van der Waals surface area contributed by atoms with Crippen LogP contribution in [0.25, 0.3) is 0 Å². The van der Waals surface area contributed by atoms with Crippen LogP contribution in [0, 0.1) is 47.9 Å². The summed E-state index contributed by atoms with van der Waals surface area (Å²) in [5.41, 5.74) is 1.54. The van der Waals surface area contributed by atoms with Crippen LogP contribution in [-0.2, 0) is 38.2 Å². The molecule has 13 atom stereocenters. The van der Waals surface area contributed by atoms with Gasteiger partial charge in [0.2, 0.25) is 5.79 Å². The predicted molar refractivity (Wildman–Crippen MR) is 248 cm³/mol. The molecule has 3 rings (SSSR count). The Morgan fingerprint density at radius 1 is 0.969 bits per heavy atom. The number of rotatable bonds is 24. The van der Waals surface area contributed by atoms with Crippen molar-refractivity contribution in [3.05, 3.63) is 47.6 Å². The van der Waals surface area contributed by atoms with Crippen molar-refractivity contribution in [1.82, 2.24) is 4.90 Å². The molecule has 2 heterocycles. The van der Waals surface area contributed by atoms with Crippen LogP contribution in [0.1, 0.15) is 138 Å². The zero-order valence-corrected chi connectivity index (χ0v) is 40.1. The molecule has 3 N–H and O–H groups in total. The number of piperidine rings is 1. The van der Waals surface area contributed by atoms with Gasteiger partial charge in [-0.25, -0.2) is 0 Å². The minimum Gasteiger partial charge on any atom is -0.390 e. The molecule has 0 radical (unpaired) electrons. The first-order valence-corrected chi connectivity index (χ1v) is 23.6. The number of amides is 1. The highest BCUT2D eigenvalue weighted by atomic mass is 16.6. The summed E-state index contributed by atoms with van der Waals surface area (Å²) in [6, 6.07) is -0.656. The largest absolute Gasteiger partial charge is 0.390 e. The smallest absolute Gasteiger partial charge is 0.296 e. The third-order valence-electron chi connectivity index (χ3n) is 14.1. The number of aliphatic hydroxyl groups is 3. The summed E-state index contributed by atoms with van der Waals surface area (Å²) >= 11 is 0. The van der Waals surface area contributed by atoms with Gasteiger partial charge in [-0.15, -0.1) is 6.42 Å². The predicted octanol–water partition coefficient (Wildman–Crippen LogP) is 7.22. The number of methoxy groups -OCH3 is 2. The maximum absolute atomic E-state index is 13.5. The molecule has 0 aromatic heterocycles. The maximum Gasteiger partial charge on any atom is 0.296 e. The highest BCUT2D eigenvalue weighted by Gasteiger charge is 2.52. The Morgan fingerprint density at radius 3 is 2.34 bits per heavy atom. The Labute approximate surface area is 383 Å². The third kappa shape index (κ3) is 15.8. The molecule has 3 aliphatic rings. The molecule has 0 bridgehead atoms. The fraction of sp³-hybridized carbons (Fsp3) is 0.712. The van der Waals surface area contributed by atoms with Gasteiger partial charge in [0.1, 0.15) is 18.0 Å². The summed E-state index contributed by atoms with van der Waals surface area (Å²) in [5.74, 6) is -2.22. The maximum atomic E-state index is 13.5. The van der Waals surface area contributed by atoms with E-state index in [-0.39, 0.29) is 41.7 Å². The molecule has 2 saturated heterocycles. The molecule has 12 nitrogen and oxygen atoms in total. The van der Waals surface area contributed by atoms with E-state index >= 15 is 0 Å². The standard InChI is InChI=1S/C52H79NO11/c1-11-40(18-14-12-13-17-33(2)20-25-43-26-22-38(7)52(61,64-43)50(59)51(60)53-28-16-15-19-44(53)39(8)54)30-37(6)48(58)49(63-10)47(57)34(3)21-24-42(55)31-36(5)35(4)29-41-23-27-45(56)46(32-41)62-9/h1,12-14,17-18,21,35-38,40-41,43-47,49,56-57,61H,15-16,19-20,22-32H2,2-10H3/b13-12+,18-14+,33-17+,34-21+/t35-,36+,37-,38-,40-,41?,43-,44?,45-,46-,47-,49-,52-/m1/s1. The van der Waals surface area contributed by atoms with Crippen molar-refractivity contribution < 1.29 is 53.5 Å². The number of ether oxygens (including phenoxy) is 3. The number of Topliss-reactive ketones (excluding diaryl/α,β-unsaturated/α-hetero) is 4. The minimum atomic E-state index is -2.24. The average Bonchev–Trinajstić information content (AvgIpc) is 3.27. The SMILES string of the molecule is C#C[C@H](/C=C/C=C/C=C(\C)CC[C@@H]1CC[C@@H](C)[C@](O)(C(=O)C(=O)N2CCCCC2C(C)=O)O1)C[C@@H](C)C(=O)[C@H](OC)[C@H](O)/C(C)=C/CC(=O)C[C@H](C)[C@H](C)CC1CC[C@@H](O)[C@H](OC)C1. The molecular weight excluding hydrogens is 815 g/mol. The third-order valence-corrected chi connectivity index (χ3v) is 14.1. The monoisotopic (exact) mass is 894 g/mol. The van der Waals surface area contributed by atoms with E-state index in [9.17, 15) is 39.3 Å². The fourth-order valence-electron chi connectivity index (χ4n) is 9.46. The molecule has 0 spiro atoms. The van der Waals surface area contributed by atoms with E-state index in [1.54, 1.807) is 34.0 Å². The second kappa shape index (κ2) is 26.5. The van der Waals surface area contributed by atoms with Crippen LogP contribution in [0.2, 0.25) is 0 Å². The lowest BCUT2D eigenvalue weighted by Gasteiger charge is -2.42. The van der Waals surface area contributed by atoms with Gasteiger partial charge < -0.3 is 34.4 Å². The van der Waals surface area contributed by atoms with Crippen molar-refractivity contribution in [2.24, 2.45) is 35.5 Å². The van der Waals surface area contributed by atoms with Crippen LogP contribution in [0.3, 0.4) is 0 Å². The van der Waals surface area contributed by atoms with E-state index < -0.39 is 59.8 Å². The van der Waals surface area contributed by atoms with Gasteiger partial charge in [-0.05, 0) is 121 Å². The second-order valence-electron chi connectivity index (χ2n) is 19.2. The van der Waals surface area contributed by atoms with Crippen LogP contribution in [0.4, 0.5) is 0 Å². The summed E-state index contributed by atoms with van der Waals surface area (Å²) in [6.45, 7) is 13.1. The topological polar surface area (TPSA) is 177 Å². The van der Waals surface area contributed by atoms with Gasteiger partial charge in [0.25, 0.3) is 11.7 Å². The summed E-state index contributed by atoms with van der Waals surface area (Å²) < 4.78 is 16.9. The summed E-state index contributed by atoms with van der Waals surface area (Å²) in [7, 11) is 3.03. The average molecular weight is 894 g/mol. The lowest BCUT2D eigenvalue weighted by molar-refractivity contribution is -0.263. The molecule has 1 aliphatic carbocycles. The van der Waals surface area contributed by atoms with Crippen molar-refractivity contribution in [3.8, 4) is 12.3 Å². The number of ketones is 4. The summed E-state index contributed by atoms with van der Waals surface area (Å²) in [6.07, 6.45) is 22.3. The quantitative estimate of drug-likeness (QED) is 0.0386. The van der Waals surface area contributed by atoms with Gasteiger partial charge in [0, 0.05) is 51.4 Å². The van der Waals surface area contributed by atoms with E-state index in [2.05, 4.69) is 19.8 Å².